The predicted molar refractivity (Wildman–Crippen MR) is 77.3 cm³/mol. The van der Waals surface area contributed by atoms with E-state index in [1.54, 1.807) is 26.0 Å². The Morgan fingerprint density at radius 1 is 1.24 bits per heavy atom. The van der Waals surface area contributed by atoms with Crippen LogP contribution in [-0.2, 0) is 25.6 Å². The molecule has 0 radical (unpaired) electrons. The fourth-order valence-corrected chi connectivity index (χ4v) is 2.62. The van der Waals surface area contributed by atoms with Gasteiger partial charge in [-0.3, -0.25) is 0 Å². The van der Waals surface area contributed by atoms with Crippen molar-refractivity contribution in [3.05, 3.63) is 60.2 Å². The average Bonchev–Trinajstić information content (AvgIpc) is 2.77. The molecule has 0 spiro atoms. The van der Waals surface area contributed by atoms with Crippen molar-refractivity contribution >= 4 is 5.97 Å². The molecule has 0 saturated carbocycles. The third kappa shape index (κ3) is 2.64. The fraction of sp³-hybridized carbons (Fsp3) is 0.353. The van der Waals surface area contributed by atoms with E-state index in [0.29, 0.717) is 0 Å². The first-order chi connectivity index (χ1) is 10.0. The van der Waals surface area contributed by atoms with E-state index in [-0.39, 0.29) is 6.61 Å². The van der Waals surface area contributed by atoms with Crippen molar-refractivity contribution in [2.24, 2.45) is 0 Å². The molecule has 4 nitrogen and oxygen atoms in total. The molecule has 4 heteroatoms. The van der Waals surface area contributed by atoms with E-state index in [4.69, 9.17) is 14.2 Å². The van der Waals surface area contributed by atoms with Gasteiger partial charge in [0.2, 0.25) is 5.60 Å². The molecule has 1 heterocycles. The first kappa shape index (κ1) is 14.0. The number of esters is 1. The summed E-state index contributed by atoms with van der Waals surface area (Å²) in [6, 6.07) is 9.56. The van der Waals surface area contributed by atoms with E-state index in [0.717, 1.165) is 5.56 Å². The maximum absolute atomic E-state index is 12.6. The summed E-state index contributed by atoms with van der Waals surface area (Å²) in [5.74, 6) is -1.25. The Morgan fingerprint density at radius 3 is 2.76 bits per heavy atom. The van der Waals surface area contributed by atoms with Gasteiger partial charge in [0.05, 0.1) is 0 Å². The smallest absolute Gasteiger partial charge is 0.346 e. The van der Waals surface area contributed by atoms with Crippen LogP contribution < -0.4 is 0 Å². The molecule has 2 atom stereocenters. The Kier molecular flexibility index (Phi) is 3.43. The molecular formula is C17H18O4. The number of carbonyl (C=O) groups excluding carboxylic acids is 1. The van der Waals surface area contributed by atoms with Crippen LogP contribution in [0.4, 0.5) is 0 Å². The minimum Gasteiger partial charge on any atom is -0.458 e. The monoisotopic (exact) mass is 286 g/mol. The molecule has 1 fully saturated rings. The Hall–Kier alpha value is -1.91. The van der Waals surface area contributed by atoms with E-state index in [1.807, 2.05) is 42.5 Å². The van der Waals surface area contributed by atoms with Crippen LogP contribution in [0.1, 0.15) is 19.4 Å². The fourth-order valence-electron chi connectivity index (χ4n) is 2.62. The summed E-state index contributed by atoms with van der Waals surface area (Å²) in [5, 5.41) is 0. The zero-order chi connectivity index (χ0) is 14.9. The molecule has 0 N–H and O–H groups in total. The maximum Gasteiger partial charge on any atom is 0.346 e. The number of hydrogen-bond donors (Lipinski definition) is 0. The molecule has 0 unspecified atom stereocenters. The molecule has 110 valence electrons. The van der Waals surface area contributed by atoms with Crippen LogP contribution in [0.15, 0.2) is 54.6 Å². The predicted octanol–water partition coefficient (Wildman–Crippen LogP) is 2.75. The van der Waals surface area contributed by atoms with E-state index in [9.17, 15) is 4.79 Å². The van der Waals surface area contributed by atoms with Crippen LogP contribution in [0, 0.1) is 0 Å². The molecule has 21 heavy (non-hydrogen) atoms. The van der Waals surface area contributed by atoms with Crippen LogP contribution >= 0.6 is 0 Å². The number of fused-ring (bicyclic) bond motifs is 1. The van der Waals surface area contributed by atoms with Crippen molar-refractivity contribution in [2.45, 2.75) is 37.9 Å². The number of ether oxygens (including phenoxy) is 3. The van der Waals surface area contributed by atoms with Gasteiger partial charge in [-0.2, -0.15) is 0 Å². The minimum absolute atomic E-state index is 0.218. The molecule has 1 saturated heterocycles. The van der Waals surface area contributed by atoms with Crippen LogP contribution in [0.2, 0.25) is 0 Å². The van der Waals surface area contributed by atoms with Crippen LogP contribution in [0.5, 0.6) is 0 Å². The standard InChI is InChI=1S/C17H18O4/c1-16(2)20-14-10-6-7-11-17(14,21-16)15(18)19-12-13-8-4-3-5-9-13/h3-11,14H,12H2,1-2H3/t14-,17+/m1/s1. The number of benzene rings is 1. The normalized spacial score (nSPS) is 29.1. The largest absolute Gasteiger partial charge is 0.458 e. The van der Waals surface area contributed by atoms with Gasteiger partial charge in [-0.15, -0.1) is 0 Å². The van der Waals surface area contributed by atoms with Crippen LogP contribution in [-0.4, -0.2) is 23.5 Å². The lowest BCUT2D eigenvalue weighted by Crippen LogP contribution is -2.47. The number of allylic oxidation sites excluding steroid dienone is 2. The second-order valence-corrected chi connectivity index (χ2v) is 5.64. The minimum atomic E-state index is -1.19. The van der Waals surface area contributed by atoms with Gasteiger partial charge < -0.3 is 14.2 Å². The summed E-state index contributed by atoms with van der Waals surface area (Å²) < 4.78 is 17.1. The molecule has 1 aliphatic carbocycles. The Morgan fingerprint density at radius 2 is 2.00 bits per heavy atom. The molecule has 1 aliphatic heterocycles. The van der Waals surface area contributed by atoms with Gasteiger partial charge in [0.15, 0.2) is 5.79 Å². The molecule has 0 amide bonds. The molecule has 2 aliphatic rings. The van der Waals surface area contributed by atoms with E-state index < -0.39 is 23.5 Å². The second kappa shape index (κ2) is 5.13. The highest BCUT2D eigenvalue weighted by atomic mass is 16.8. The first-order valence-corrected chi connectivity index (χ1v) is 6.97. The molecule has 3 rings (SSSR count). The van der Waals surface area contributed by atoms with E-state index >= 15 is 0 Å². The summed E-state index contributed by atoms with van der Waals surface area (Å²) in [6.07, 6.45) is 6.70. The summed E-state index contributed by atoms with van der Waals surface area (Å²) in [4.78, 5) is 12.6. The molecule has 1 aromatic rings. The second-order valence-electron chi connectivity index (χ2n) is 5.64. The molecular weight excluding hydrogens is 268 g/mol. The summed E-state index contributed by atoms with van der Waals surface area (Å²) in [7, 11) is 0. The highest BCUT2D eigenvalue weighted by Crippen LogP contribution is 2.40. The van der Waals surface area contributed by atoms with Crippen molar-refractivity contribution in [1.82, 2.24) is 0 Å². The van der Waals surface area contributed by atoms with Gasteiger partial charge >= 0.3 is 5.97 Å². The maximum atomic E-state index is 12.6. The lowest BCUT2D eigenvalue weighted by atomic mass is 9.92. The van der Waals surface area contributed by atoms with Gasteiger partial charge in [0, 0.05) is 0 Å². The van der Waals surface area contributed by atoms with Crippen molar-refractivity contribution < 1.29 is 19.0 Å². The quantitative estimate of drug-likeness (QED) is 0.801. The van der Waals surface area contributed by atoms with Crippen molar-refractivity contribution in [2.75, 3.05) is 0 Å². The van der Waals surface area contributed by atoms with Crippen molar-refractivity contribution in [1.29, 1.82) is 0 Å². The topological polar surface area (TPSA) is 44.8 Å². The molecule has 0 aromatic heterocycles. The SMILES string of the molecule is CC1(C)O[C@@H]2C=CC=C[C@]2(C(=O)OCc2ccccc2)O1. The Labute approximate surface area is 124 Å². The van der Waals surface area contributed by atoms with Gasteiger partial charge in [-0.1, -0.05) is 48.6 Å². The summed E-state index contributed by atoms with van der Waals surface area (Å²) in [5.41, 5.74) is -0.250. The highest BCUT2D eigenvalue weighted by molar-refractivity contribution is 5.84. The summed E-state index contributed by atoms with van der Waals surface area (Å²) in [6.45, 7) is 3.80. The lowest BCUT2D eigenvalue weighted by Gasteiger charge is -2.27. The van der Waals surface area contributed by atoms with E-state index in [1.165, 1.54) is 0 Å². The Balaban J connectivity index is 1.76. The van der Waals surface area contributed by atoms with Gasteiger partial charge in [-0.05, 0) is 25.5 Å². The first-order valence-electron chi connectivity index (χ1n) is 6.97. The van der Waals surface area contributed by atoms with Crippen molar-refractivity contribution in [3.63, 3.8) is 0 Å². The van der Waals surface area contributed by atoms with Gasteiger partial charge in [-0.25, -0.2) is 4.79 Å². The van der Waals surface area contributed by atoms with Crippen LogP contribution in [0.25, 0.3) is 0 Å². The molecule has 1 aromatic carbocycles. The number of rotatable bonds is 3. The highest BCUT2D eigenvalue weighted by Gasteiger charge is 2.57. The third-order valence-corrected chi connectivity index (χ3v) is 3.52. The van der Waals surface area contributed by atoms with Crippen molar-refractivity contribution in [3.8, 4) is 0 Å². The molecule has 0 bridgehead atoms. The number of carbonyl (C=O) groups is 1. The Bertz CT molecular complexity index is 588. The number of hydrogen-bond acceptors (Lipinski definition) is 4. The van der Waals surface area contributed by atoms with Gasteiger partial charge in [0.25, 0.3) is 0 Å². The van der Waals surface area contributed by atoms with E-state index in [2.05, 4.69) is 0 Å². The van der Waals surface area contributed by atoms with Gasteiger partial charge in [0.1, 0.15) is 12.7 Å². The average molecular weight is 286 g/mol. The zero-order valence-corrected chi connectivity index (χ0v) is 12.1. The summed E-state index contributed by atoms with van der Waals surface area (Å²) >= 11 is 0. The van der Waals surface area contributed by atoms with Crippen LogP contribution in [0.3, 0.4) is 0 Å². The zero-order valence-electron chi connectivity index (χ0n) is 12.1. The lowest BCUT2D eigenvalue weighted by molar-refractivity contribution is -0.182. The third-order valence-electron chi connectivity index (χ3n) is 3.52.